The highest BCUT2D eigenvalue weighted by molar-refractivity contribution is 7.94. The second-order valence-corrected chi connectivity index (χ2v) is 6.61. The summed E-state index contributed by atoms with van der Waals surface area (Å²) in [6.45, 7) is -2.17. The van der Waals surface area contributed by atoms with E-state index in [9.17, 15) is 17.6 Å². The molecule has 10 heteroatoms. The zero-order valence-electron chi connectivity index (χ0n) is 12.6. The van der Waals surface area contributed by atoms with E-state index in [1.165, 1.54) is 12.3 Å². The lowest BCUT2D eigenvalue weighted by Crippen LogP contribution is -2.33. The molecule has 2 N–H and O–H groups in total. The van der Waals surface area contributed by atoms with Crippen molar-refractivity contribution in [3.63, 3.8) is 0 Å². The van der Waals surface area contributed by atoms with Gasteiger partial charge in [-0.15, -0.1) is 0 Å². The quantitative estimate of drug-likeness (QED) is 0.616. The minimum atomic E-state index is -3.01. The van der Waals surface area contributed by atoms with Crippen molar-refractivity contribution in [2.45, 2.75) is 25.4 Å². The van der Waals surface area contributed by atoms with Crippen molar-refractivity contribution in [2.75, 3.05) is 19.7 Å². The van der Waals surface area contributed by atoms with Gasteiger partial charge < -0.3 is 9.47 Å². The number of nitrogens with zero attached hydrogens (tertiary/aromatic N) is 2. The van der Waals surface area contributed by atoms with Gasteiger partial charge in [0.1, 0.15) is 5.75 Å². The molecule has 1 aliphatic heterocycles. The SMILES string of the molecule is NSN1CCC2(CC1)C(COc1ccnc(OC(F)F)c1)C2(F)F. The molecule has 0 amide bonds. The summed E-state index contributed by atoms with van der Waals surface area (Å²) in [4.78, 5) is 3.60. The van der Waals surface area contributed by atoms with Gasteiger partial charge in [-0.1, -0.05) is 0 Å². The molecule has 1 saturated heterocycles. The maximum Gasteiger partial charge on any atom is 0.388 e. The predicted octanol–water partition coefficient (Wildman–Crippen LogP) is 2.93. The van der Waals surface area contributed by atoms with Gasteiger partial charge in [-0.25, -0.2) is 18.1 Å². The number of hydrogen-bond acceptors (Lipinski definition) is 6. The normalized spacial score (nSPS) is 25.0. The highest BCUT2D eigenvalue weighted by Gasteiger charge is 2.80. The molecule has 1 spiro atoms. The monoisotopic (exact) mass is 367 g/mol. The summed E-state index contributed by atoms with van der Waals surface area (Å²) in [6, 6.07) is 2.58. The van der Waals surface area contributed by atoms with E-state index in [1.54, 1.807) is 0 Å². The van der Waals surface area contributed by atoms with Crippen molar-refractivity contribution < 1.29 is 27.0 Å². The summed E-state index contributed by atoms with van der Waals surface area (Å²) in [5.74, 6) is -3.81. The van der Waals surface area contributed by atoms with E-state index < -0.39 is 23.9 Å². The van der Waals surface area contributed by atoms with E-state index in [0.29, 0.717) is 25.9 Å². The molecule has 1 aromatic heterocycles. The largest absolute Gasteiger partial charge is 0.493 e. The Hall–Kier alpha value is -1.26. The molecule has 1 atom stereocenters. The third kappa shape index (κ3) is 3.14. The van der Waals surface area contributed by atoms with Crippen LogP contribution in [0.5, 0.6) is 11.6 Å². The number of pyridine rings is 1. The Balaban J connectivity index is 1.59. The Labute approximate surface area is 140 Å². The van der Waals surface area contributed by atoms with Crippen LogP contribution in [0.25, 0.3) is 0 Å². The molecule has 1 saturated carbocycles. The first-order valence-electron chi connectivity index (χ1n) is 7.42. The Kier molecular flexibility index (Phi) is 4.80. The lowest BCUT2D eigenvalue weighted by Gasteiger charge is -2.30. The van der Waals surface area contributed by atoms with Gasteiger partial charge in [-0.3, -0.25) is 5.14 Å². The fourth-order valence-corrected chi connectivity index (χ4v) is 3.74. The minimum absolute atomic E-state index is 0.174. The number of ether oxygens (including phenoxy) is 2. The maximum absolute atomic E-state index is 14.2. The van der Waals surface area contributed by atoms with Crippen molar-refractivity contribution in [3.8, 4) is 11.6 Å². The smallest absolute Gasteiger partial charge is 0.388 e. The van der Waals surface area contributed by atoms with E-state index in [-0.39, 0.29) is 18.2 Å². The molecule has 0 aromatic carbocycles. The van der Waals surface area contributed by atoms with Crippen LogP contribution in [0.3, 0.4) is 0 Å². The van der Waals surface area contributed by atoms with Crippen LogP contribution in [0.2, 0.25) is 0 Å². The van der Waals surface area contributed by atoms with Crippen LogP contribution >= 0.6 is 12.1 Å². The first kappa shape index (κ1) is 17.6. The number of rotatable bonds is 6. The van der Waals surface area contributed by atoms with Crippen molar-refractivity contribution in [1.82, 2.24) is 9.29 Å². The fourth-order valence-electron chi connectivity index (χ4n) is 3.34. The molecule has 2 heterocycles. The van der Waals surface area contributed by atoms with E-state index in [0.717, 1.165) is 18.2 Å². The van der Waals surface area contributed by atoms with Gasteiger partial charge in [0, 0.05) is 42.9 Å². The molecule has 134 valence electrons. The second-order valence-electron chi connectivity index (χ2n) is 5.89. The van der Waals surface area contributed by atoms with Gasteiger partial charge in [0.05, 0.1) is 12.5 Å². The van der Waals surface area contributed by atoms with Gasteiger partial charge >= 0.3 is 6.61 Å². The van der Waals surface area contributed by atoms with Crippen LogP contribution < -0.4 is 14.6 Å². The van der Waals surface area contributed by atoms with E-state index in [2.05, 4.69) is 9.72 Å². The third-order valence-electron chi connectivity index (χ3n) is 4.78. The zero-order chi connectivity index (χ0) is 17.4. The molecule has 1 unspecified atom stereocenters. The molecule has 0 bridgehead atoms. The summed E-state index contributed by atoms with van der Waals surface area (Å²) < 4.78 is 64.2. The van der Waals surface area contributed by atoms with Crippen molar-refractivity contribution in [1.29, 1.82) is 0 Å². The van der Waals surface area contributed by atoms with Crippen LogP contribution in [0.4, 0.5) is 17.6 Å². The van der Waals surface area contributed by atoms with E-state index in [1.807, 2.05) is 4.31 Å². The van der Waals surface area contributed by atoms with Gasteiger partial charge in [-0.2, -0.15) is 8.78 Å². The Morgan fingerprint density at radius 2 is 2.08 bits per heavy atom. The first-order valence-corrected chi connectivity index (χ1v) is 8.26. The summed E-state index contributed by atoms with van der Waals surface area (Å²) in [6.07, 6.45) is 1.94. The van der Waals surface area contributed by atoms with Crippen molar-refractivity contribution in [2.24, 2.45) is 16.5 Å². The highest BCUT2D eigenvalue weighted by atomic mass is 32.2. The molecule has 1 aliphatic carbocycles. The standard InChI is InChI=1S/C14H17F4N3O2S/c15-12(16)23-11-7-9(1-4-20-11)22-8-10-13(14(10,17)18)2-5-21(24-19)6-3-13/h1,4,7,10,12H,2-3,5-6,8,19H2. The third-order valence-corrected chi connectivity index (χ3v) is 5.44. The van der Waals surface area contributed by atoms with E-state index in [4.69, 9.17) is 9.88 Å². The number of hydrogen-bond donors (Lipinski definition) is 1. The highest BCUT2D eigenvalue weighted by Crippen LogP contribution is 2.70. The number of piperidine rings is 1. The van der Waals surface area contributed by atoms with Crippen LogP contribution in [-0.4, -0.2) is 41.5 Å². The molecular weight excluding hydrogens is 350 g/mol. The molecule has 1 aromatic rings. The van der Waals surface area contributed by atoms with Gasteiger partial charge in [0.15, 0.2) is 0 Å². The topological polar surface area (TPSA) is 60.6 Å². The lowest BCUT2D eigenvalue weighted by atomic mass is 9.91. The molecule has 2 aliphatic rings. The molecule has 2 fully saturated rings. The van der Waals surface area contributed by atoms with Crippen molar-refractivity contribution in [3.05, 3.63) is 18.3 Å². The number of alkyl halides is 4. The van der Waals surface area contributed by atoms with E-state index >= 15 is 0 Å². The van der Waals surface area contributed by atoms with Crippen LogP contribution in [-0.2, 0) is 0 Å². The first-order chi connectivity index (χ1) is 11.4. The molecule has 0 radical (unpaired) electrons. The Morgan fingerprint density at radius 1 is 1.38 bits per heavy atom. The molecular formula is C14H17F4N3O2S. The fraction of sp³-hybridized carbons (Fsp3) is 0.643. The van der Waals surface area contributed by atoms with Gasteiger partial charge in [0.25, 0.3) is 5.92 Å². The summed E-state index contributed by atoms with van der Waals surface area (Å²) in [7, 11) is 0. The maximum atomic E-state index is 14.2. The van der Waals surface area contributed by atoms with Gasteiger partial charge in [0.2, 0.25) is 5.88 Å². The summed E-state index contributed by atoms with van der Waals surface area (Å²) in [5, 5.41) is 5.46. The van der Waals surface area contributed by atoms with Gasteiger partial charge in [-0.05, 0) is 18.9 Å². The summed E-state index contributed by atoms with van der Waals surface area (Å²) in [5.41, 5.74) is -1.05. The van der Waals surface area contributed by atoms with Crippen LogP contribution in [0.15, 0.2) is 18.3 Å². The Morgan fingerprint density at radius 3 is 2.71 bits per heavy atom. The summed E-state index contributed by atoms with van der Waals surface area (Å²) >= 11 is 1.07. The zero-order valence-corrected chi connectivity index (χ0v) is 13.4. The average molecular weight is 367 g/mol. The molecule has 24 heavy (non-hydrogen) atoms. The Bertz CT molecular complexity index is 585. The van der Waals surface area contributed by atoms with Crippen LogP contribution in [0, 0.1) is 11.3 Å². The average Bonchev–Trinajstić information content (AvgIpc) is 2.99. The minimum Gasteiger partial charge on any atom is -0.493 e. The molecule has 5 nitrogen and oxygen atoms in total. The lowest BCUT2D eigenvalue weighted by molar-refractivity contribution is -0.0529. The number of aromatic nitrogens is 1. The van der Waals surface area contributed by atoms with Crippen LogP contribution in [0.1, 0.15) is 12.8 Å². The predicted molar refractivity (Wildman–Crippen MR) is 79.8 cm³/mol. The number of nitrogens with two attached hydrogens (primary N) is 1. The van der Waals surface area contributed by atoms with Crippen molar-refractivity contribution >= 4 is 12.1 Å². The number of halogens is 4. The molecule has 3 rings (SSSR count). The second kappa shape index (κ2) is 6.57.